The lowest BCUT2D eigenvalue weighted by Crippen LogP contribution is -2.42. The Bertz CT molecular complexity index is 1590. The fraction of sp³-hybridized carbons (Fsp3) is 0.344. The summed E-state index contributed by atoms with van der Waals surface area (Å²) >= 11 is 0. The largest absolute Gasteiger partial charge is 0.512 e. The van der Waals surface area contributed by atoms with Gasteiger partial charge >= 0.3 is 5.97 Å². The van der Waals surface area contributed by atoms with E-state index in [0.29, 0.717) is 18.5 Å². The number of hydrogen-bond donors (Lipinski definition) is 2. The number of nitriles is 1. The molecule has 3 aromatic rings. The number of rotatable bonds is 11. The number of carbonyl (C=O) groups excluding carboxylic acids is 1. The summed E-state index contributed by atoms with van der Waals surface area (Å²) in [7, 11) is -4.01. The van der Waals surface area contributed by atoms with E-state index in [4.69, 9.17) is 10.00 Å². The zero-order valence-corrected chi connectivity index (χ0v) is 23.7. The second kappa shape index (κ2) is 11.8. The van der Waals surface area contributed by atoms with Crippen molar-refractivity contribution in [3.63, 3.8) is 0 Å². The van der Waals surface area contributed by atoms with Crippen molar-refractivity contribution in [3.05, 3.63) is 101 Å². The number of carbonyl (C=O) groups is 1. The predicted molar refractivity (Wildman–Crippen MR) is 154 cm³/mol. The van der Waals surface area contributed by atoms with Crippen LogP contribution in [0.5, 0.6) is 0 Å². The summed E-state index contributed by atoms with van der Waals surface area (Å²) in [5.41, 5.74) is 1.95. The molecule has 2 aliphatic rings. The second-order valence-corrected chi connectivity index (χ2v) is 12.5. The molecule has 2 aromatic carbocycles. The quantitative estimate of drug-likeness (QED) is 0.263. The number of pyridine rings is 1. The van der Waals surface area contributed by atoms with Crippen LogP contribution in [0.2, 0.25) is 0 Å². The number of benzene rings is 2. The third-order valence-corrected chi connectivity index (χ3v) is 9.09. The first-order valence-electron chi connectivity index (χ1n) is 13.9. The Kier molecular flexibility index (Phi) is 8.13. The Morgan fingerprint density at radius 1 is 1.12 bits per heavy atom. The molecule has 2 N–H and O–H groups in total. The number of anilines is 1. The molecule has 0 radical (unpaired) electrons. The molecule has 0 amide bonds. The maximum Gasteiger partial charge on any atom is 0.338 e. The first kappa shape index (κ1) is 28.4. The fourth-order valence-electron chi connectivity index (χ4n) is 5.70. The molecule has 2 heterocycles. The van der Waals surface area contributed by atoms with E-state index in [2.05, 4.69) is 9.71 Å². The monoisotopic (exact) mass is 571 g/mol. The smallest absolute Gasteiger partial charge is 0.338 e. The lowest BCUT2D eigenvalue weighted by atomic mass is 9.79. The molecule has 1 aliphatic carbocycles. The molecule has 5 rings (SSSR count). The minimum absolute atomic E-state index is 0.0624. The number of aliphatic hydroxyl groups is 1. The Morgan fingerprint density at radius 2 is 1.90 bits per heavy atom. The van der Waals surface area contributed by atoms with Gasteiger partial charge in [-0.15, -0.1) is 0 Å². The van der Waals surface area contributed by atoms with Crippen LogP contribution in [0.25, 0.3) is 0 Å². The highest BCUT2D eigenvalue weighted by molar-refractivity contribution is 7.92. The van der Waals surface area contributed by atoms with Gasteiger partial charge in [-0.1, -0.05) is 55.8 Å². The normalized spacial score (nSPS) is 19.8. The number of aryl methyl sites for hydroxylation is 1. The van der Waals surface area contributed by atoms with Crippen molar-refractivity contribution in [2.75, 3.05) is 4.72 Å². The van der Waals surface area contributed by atoms with E-state index in [1.54, 1.807) is 18.2 Å². The molecule has 0 spiro atoms. The molecule has 1 saturated carbocycles. The topological polar surface area (TPSA) is 129 Å². The van der Waals surface area contributed by atoms with Crippen molar-refractivity contribution in [2.45, 2.75) is 68.4 Å². The number of cyclic esters (lactones) is 1. The summed E-state index contributed by atoms with van der Waals surface area (Å²) in [5.74, 6) is -0.698. The van der Waals surface area contributed by atoms with Crippen molar-refractivity contribution in [2.24, 2.45) is 5.92 Å². The van der Waals surface area contributed by atoms with E-state index in [0.717, 1.165) is 36.8 Å². The molecule has 0 bridgehead atoms. The average Bonchev–Trinajstić information content (AvgIpc) is 3.80. The van der Waals surface area contributed by atoms with Gasteiger partial charge < -0.3 is 9.84 Å². The number of aliphatic hydroxyl groups excluding tert-OH is 1. The van der Waals surface area contributed by atoms with Gasteiger partial charge in [0.15, 0.2) is 5.03 Å². The van der Waals surface area contributed by atoms with Gasteiger partial charge in [0.25, 0.3) is 10.0 Å². The first-order valence-corrected chi connectivity index (χ1v) is 15.4. The SMILES string of the molecule is CCCC1(CCc2ccccc2)CC(O)=C(C(c2cccc(NS(=O)(=O)c3ccc(C#N)cn3)c2)C2CC2)C(=O)O1. The molecule has 0 saturated heterocycles. The van der Waals surface area contributed by atoms with Crippen LogP contribution < -0.4 is 4.72 Å². The molecule has 1 fully saturated rings. The number of hydrogen-bond acceptors (Lipinski definition) is 7. The summed E-state index contributed by atoms with van der Waals surface area (Å²) in [5, 5.41) is 20.1. The number of nitrogens with one attached hydrogen (secondary N) is 1. The van der Waals surface area contributed by atoms with E-state index in [9.17, 15) is 18.3 Å². The van der Waals surface area contributed by atoms with Gasteiger partial charge in [-0.2, -0.15) is 13.7 Å². The van der Waals surface area contributed by atoms with Gasteiger partial charge in [0.1, 0.15) is 17.4 Å². The minimum atomic E-state index is -4.01. The number of aromatic nitrogens is 1. The van der Waals surface area contributed by atoms with E-state index in [1.807, 2.05) is 49.4 Å². The van der Waals surface area contributed by atoms with Crippen LogP contribution in [-0.2, 0) is 26.0 Å². The second-order valence-electron chi connectivity index (χ2n) is 10.9. The van der Waals surface area contributed by atoms with Crippen LogP contribution >= 0.6 is 0 Å². The van der Waals surface area contributed by atoms with Gasteiger partial charge in [-0.05, 0) is 73.4 Å². The molecular weight excluding hydrogens is 538 g/mol. The zero-order chi connectivity index (χ0) is 29.0. The lowest BCUT2D eigenvalue weighted by Gasteiger charge is -2.39. The predicted octanol–water partition coefficient (Wildman–Crippen LogP) is 6.18. The minimum Gasteiger partial charge on any atom is -0.512 e. The van der Waals surface area contributed by atoms with Crippen molar-refractivity contribution in [3.8, 4) is 6.07 Å². The fourth-order valence-corrected chi connectivity index (χ4v) is 6.68. The highest BCUT2D eigenvalue weighted by atomic mass is 32.2. The summed E-state index contributed by atoms with van der Waals surface area (Å²) in [6.45, 7) is 2.04. The number of sulfonamides is 1. The lowest BCUT2D eigenvalue weighted by molar-refractivity contribution is -0.161. The summed E-state index contributed by atoms with van der Waals surface area (Å²) < 4.78 is 34.6. The molecule has 1 aromatic heterocycles. The average molecular weight is 572 g/mol. The zero-order valence-electron chi connectivity index (χ0n) is 22.9. The van der Waals surface area contributed by atoms with Crippen LogP contribution in [0.1, 0.15) is 68.1 Å². The first-order chi connectivity index (χ1) is 19.7. The highest BCUT2D eigenvalue weighted by Gasteiger charge is 2.47. The van der Waals surface area contributed by atoms with Crippen molar-refractivity contribution < 1.29 is 23.1 Å². The van der Waals surface area contributed by atoms with E-state index >= 15 is 0 Å². The van der Waals surface area contributed by atoms with Gasteiger partial charge in [0, 0.05) is 24.2 Å². The van der Waals surface area contributed by atoms with Gasteiger partial charge in [-0.3, -0.25) is 4.72 Å². The third-order valence-electron chi connectivity index (χ3n) is 7.79. The van der Waals surface area contributed by atoms with Crippen molar-refractivity contribution in [1.82, 2.24) is 4.98 Å². The maximum atomic E-state index is 13.6. The maximum absolute atomic E-state index is 13.6. The highest BCUT2D eigenvalue weighted by Crippen LogP contribution is 2.50. The Hall–Kier alpha value is -4.16. The molecule has 2 unspecified atom stereocenters. The molecule has 1 aliphatic heterocycles. The van der Waals surface area contributed by atoms with E-state index < -0.39 is 27.5 Å². The van der Waals surface area contributed by atoms with Gasteiger partial charge in [0.2, 0.25) is 0 Å². The number of esters is 1. The molecule has 2 atom stereocenters. The molecule has 212 valence electrons. The molecule has 8 nitrogen and oxygen atoms in total. The van der Waals surface area contributed by atoms with E-state index in [1.165, 1.54) is 18.3 Å². The van der Waals surface area contributed by atoms with Crippen LogP contribution in [-0.4, -0.2) is 30.1 Å². The van der Waals surface area contributed by atoms with Crippen molar-refractivity contribution in [1.29, 1.82) is 5.26 Å². The van der Waals surface area contributed by atoms with Crippen LogP contribution in [0.15, 0.2) is 89.3 Å². The molecular formula is C32H33N3O5S. The van der Waals surface area contributed by atoms with Crippen LogP contribution in [0.4, 0.5) is 5.69 Å². The summed E-state index contributed by atoms with van der Waals surface area (Å²) in [6, 6.07) is 21.5. The molecule has 41 heavy (non-hydrogen) atoms. The van der Waals surface area contributed by atoms with Crippen LogP contribution in [0, 0.1) is 17.2 Å². The third kappa shape index (κ3) is 6.44. The van der Waals surface area contributed by atoms with Crippen LogP contribution in [0.3, 0.4) is 0 Å². The van der Waals surface area contributed by atoms with Gasteiger partial charge in [0.05, 0.1) is 11.1 Å². The summed E-state index contributed by atoms with van der Waals surface area (Å²) in [6.07, 6.45) is 6.07. The van der Waals surface area contributed by atoms with Crippen molar-refractivity contribution >= 4 is 21.7 Å². The van der Waals surface area contributed by atoms with E-state index in [-0.39, 0.29) is 34.3 Å². The Balaban J connectivity index is 1.41. The summed E-state index contributed by atoms with van der Waals surface area (Å²) in [4.78, 5) is 17.5. The Morgan fingerprint density at radius 3 is 2.54 bits per heavy atom. The Labute approximate surface area is 240 Å². The van der Waals surface area contributed by atoms with Gasteiger partial charge in [-0.25, -0.2) is 9.78 Å². The standard InChI is InChI=1S/C32H33N3O5S/c1-2-16-32(17-15-22-7-4-3-5-8-22)19-27(36)30(31(37)40-32)29(24-12-13-24)25-9-6-10-26(18-25)35-41(38,39)28-14-11-23(20-33)21-34-28/h3-11,14,18,21,24,29,35-36H,2,12-13,15-17,19H2,1H3. The molecule has 9 heteroatoms. The number of ether oxygens (including phenoxy) is 1. The number of nitrogens with zero attached hydrogens (tertiary/aromatic N) is 2.